The molecule has 1 aromatic rings. The van der Waals surface area contributed by atoms with Gasteiger partial charge in [-0.1, -0.05) is 18.2 Å². The van der Waals surface area contributed by atoms with E-state index in [-0.39, 0.29) is 19.3 Å². The molecular weight excluding hydrogens is 262 g/mol. The van der Waals surface area contributed by atoms with Crippen LogP contribution in [0, 0.1) is 5.41 Å². The van der Waals surface area contributed by atoms with Crippen molar-refractivity contribution in [2.75, 3.05) is 4.90 Å². The van der Waals surface area contributed by atoms with Crippen LogP contribution in [-0.4, -0.2) is 23.8 Å². The van der Waals surface area contributed by atoms with Crippen molar-refractivity contribution in [3.8, 4) is 0 Å². The van der Waals surface area contributed by atoms with Gasteiger partial charge in [0.1, 0.15) is 0 Å². The lowest BCUT2D eigenvalue weighted by Crippen LogP contribution is -2.42. The van der Waals surface area contributed by atoms with Gasteiger partial charge in [-0.25, -0.2) is 0 Å². The Labute approximate surface area is 114 Å². The highest BCUT2D eigenvalue weighted by Crippen LogP contribution is 2.43. The van der Waals surface area contributed by atoms with E-state index in [0.717, 1.165) is 4.90 Å². The van der Waals surface area contributed by atoms with Crippen LogP contribution in [0.4, 0.5) is 5.69 Å². The van der Waals surface area contributed by atoms with E-state index in [4.69, 9.17) is 0 Å². The first-order valence-corrected chi connectivity index (χ1v) is 6.18. The monoisotopic (exact) mass is 273 g/mol. The second-order valence-corrected chi connectivity index (χ2v) is 5.03. The summed E-state index contributed by atoms with van der Waals surface area (Å²) in [6.45, 7) is 0. The van der Waals surface area contributed by atoms with Crippen LogP contribution in [0.25, 0.3) is 0 Å². The minimum absolute atomic E-state index is 0.137. The highest BCUT2D eigenvalue weighted by molar-refractivity contribution is 6.24. The van der Waals surface area contributed by atoms with Crippen molar-refractivity contribution in [1.29, 1.82) is 0 Å². The molecule has 102 valence electrons. The van der Waals surface area contributed by atoms with Gasteiger partial charge in [-0.05, 0) is 12.1 Å². The Bertz CT molecular complexity index is 606. The van der Waals surface area contributed by atoms with Crippen molar-refractivity contribution in [2.24, 2.45) is 5.41 Å². The Morgan fingerprint density at radius 1 is 0.900 bits per heavy atom. The van der Waals surface area contributed by atoms with Gasteiger partial charge in [0.2, 0.25) is 11.8 Å². The lowest BCUT2D eigenvalue weighted by molar-refractivity contribution is -0.171. The van der Waals surface area contributed by atoms with Gasteiger partial charge in [-0.3, -0.25) is 24.1 Å². The quantitative estimate of drug-likeness (QED) is 0.429. The van der Waals surface area contributed by atoms with Gasteiger partial charge in [0, 0.05) is 6.42 Å². The summed E-state index contributed by atoms with van der Waals surface area (Å²) < 4.78 is 4.44. The molecule has 20 heavy (non-hydrogen) atoms. The lowest BCUT2D eigenvalue weighted by atomic mass is 9.78. The van der Waals surface area contributed by atoms with Gasteiger partial charge in [0.15, 0.2) is 0 Å². The number of imide groups is 1. The smallest absolute Gasteiger partial charge is 0.314 e. The summed E-state index contributed by atoms with van der Waals surface area (Å²) in [5, 5.41) is 0. The van der Waals surface area contributed by atoms with E-state index in [1.807, 2.05) is 0 Å². The van der Waals surface area contributed by atoms with Crippen LogP contribution < -0.4 is 4.90 Å². The number of ether oxygens (including phenoxy) is 1. The third kappa shape index (κ3) is 1.80. The molecule has 2 saturated heterocycles. The molecule has 1 spiro atoms. The molecule has 1 aromatic carbocycles. The number of carbonyl (C=O) groups is 4. The van der Waals surface area contributed by atoms with Crippen molar-refractivity contribution >= 4 is 29.4 Å². The zero-order valence-electron chi connectivity index (χ0n) is 10.5. The third-order valence-electron chi connectivity index (χ3n) is 3.60. The standard InChI is InChI=1S/C14H11NO5/c16-10-6-14(7-11(17)20-12(18)8-14)13(19)15(10)9-4-2-1-3-5-9/h1-5H,6-8H2. The summed E-state index contributed by atoms with van der Waals surface area (Å²) in [6.07, 6.45) is -0.596. The number of hydrogen-bond donors (Lipinski definition) is 0. The topological polar surface area (TPSA) is 80.8 Å². The van der Waals surface area contributed by atoms with Crippen molar-refractivity contribution in [3.05, 3.63) is 30.3 Å². The summed E-state index contributed by atoms with van der Waals surface area (Å²) >= 11 is 0. The van der Waals surface area contributed by atoms with E-state index in [2.05, 4.69) is 4.74 Å². The van der Waals surface area contributed by atoms with Crippen LogP contribution in [0.5, 0.6) is 0 Å². The minimum Gasteiger partial charge on any atom is -0.393 e. The second kappa shape index (κ2) is 4.26. The molecule has 6 heteroatoms. The number of cyclic esters (lactones) is 2. The van der Waals surface area contributed by atoms with Crippen molar-refractivity contribution in [1.82, 2.24) is 0 Å². The van der Waals surface area contributed by atoms with E-state index in [0.29, 0.717) is 5.69 Å². The first kappa shape index (κ1) is 12.5. The highest BCUT2D eigenvalue weighted by Gasteiger charge is 2.56. The fraction of sp³-hybridized carbons (Fsp3) is 0.286. The van der Waals surface area contributed by atoms with Gasteiger partial charge in [0.05, 0.1) is 23.9 Å². The number of carbonyl (C=O) groups excluding carboxylic acids is 4. The van der Waals surface area contributed by atoms with Crippen molar-refractivity contribution < 1.29 is 23.9 Å². The summed E-state index contributed by atoms with van der Waals surface area (Å²) in [4.78, 5) is 48.5. The van der Waals surface area contributed by atoms with Gasteiger partial charge in [-0.2, -0.15) is 0 Å². The maximum Gasteiger partial charge on any atom is 0.314 e. The average molecular weight is 273 g/mol. The molecule has 2 aliphatic heterocycles. The average Bonchev–Trinajstić information content (AvgIpc) is 2.60. The molecule has 2 fully saturated rings. The molecule has 0 aliphatic carbocycles. The van der Waals surface area contributed by atoms with Gasteiger partial charge in [0.25, 0.3) is 0 Å². The molecule has 6 nitrogen and oxygen atoms in total. The lowest BCUT2D eigenvalue weighted by Gasteiger charge is -2.28. The zero-order valence-corrected chi connectivity index (χ0v) is 10.5. The Hall–Kier alpha value is -2.50. The van der Waals surface area contributed by atoms with E-state index in [1.54, 1.807) is 30.3 Å². The van der Waals surface area contributed by atoms with E-state index < -0.39 is 29.2 Å². The van der Waals surface area contributed by atoms with Crippen molar-refractivity contribution in [3.63, 3.8) is 0 Å². The SMILES string of the molecule is O=C1CC2(CC(=O)O1)CC(=O)N(c1ccccc1)C2=O. The number of benzene rings is 1. The number of nitrogens with zero attached hydrogens (tertiary/aromatic N) is 1. The molecule has 3 rings (SSSR count). The highest BCUT2D eigenvalue weighted by atomic mass is 16.6. The number of hydrogen-bond acceptors (Lipinski definition) is 5. The minimum atomic E-state index is -1.26. The normalized spacial score (nSPS) is 21.5. The van der Waals surface area contributed by atoms with E-state index >= 15 is 0 Å². The molecule has 0 bridgehead atoms. The first-order valence-electron chi connectivity index (χ1n) is 6.18. The molecule has 2 amide bonds. The fourth-order valence-corrected chi connectivity index (χ4v) is 2.72. The molecule has 2 aliphatic rings. The molecular formula is C14H11NO5. The largest absolute Gasteiger partial charge is 0.393 e. The maximum absolute atomic E-state index is 12.5. The molecule has 0 atom stereocenters. The summed E-state index contributed by atoms with van der Waals surface area (Å²) in [5.41, 5.74) is -0.815. The van der Waals surface area contributed by atoms with E-state index in [1.165, 1.54) is 0 Å². The number of para-hydroxylation sites is 1. The van der Waals surface area contributed by atoms with Gasteiger partial charge in [-0.15, -0.1) is 0 Å². The van der Waals surface area contributed by atoms with Crippen molar-refractivity contribution in [2.45, 2.75) is 19.3 Å². The summed E-state index contributed by atoms with van der Waals surface area (Å²) in [6, 6.07) is 8.46. The number of esters is 2. The van der Waals surface area contributed by atoms with Crippen LogP contribution in [0.15, 0.2) is 30.3 Å². The molecule has 0 aromatic heterocycles. The van der Waals surface area contributed by atoms with Gasteiger partial charge >= 0.3 is 11.9 Å². The molecule has 0 N–H and O–H groups in total. The molecule has 0 unspecified atom stereocenters. The Morgan fingerprint density at radius 3 is 2.10 bits per heavy atom. The summed E-state index contributed by atoms with van der Waals surface area (Å²) in [5.74, 6) is -2.41. The molecule has 0 saturated carbocycles. The fourth-order valence-electron chi connectivity index (χ4n) is 2.72. The van der Waals surface area contributed by atoms with Crippen LogP contribution in [-0.2, 0) is 23.9 Å². The number of anilines is 1. The molecule has 0 radical (unpaired) electrons. The second-order valence-electron chi connectivity index (χ2n) is 5.03. The Morgan fingerprint density at radius 2 is 1.50 bits per heavy atom. The third-order valence-corrected chi connectivity index (χ3v) is 3.60. The Kier molecular flexibility index (Phi) is 2.67. The van der Waals surface area contributed by atoms with Crippen LogP contribution in [0.2, 0.25) is 0 Å². The van der Waals surface area contributed by atoms with E-state index in [9.17, 15) is 19.2 Å². The Balaban J connectivity index is 1.98. The van der Waals surface area contributed by atoms with Gasteiger partial charge < -0.3 is 4.74 Å². The molecule has 2 heterocycles. The number of rotatable bonds is 1. The maximum atomic E-state index is 12.5. The summed E-state index contributed by atoms with van der Waals surface area (Å²) in [7, 11) is 0. The van der Waals surface area contributed by atoms with Crippen LogP contribution in [0.3, 0.4) is 0 Å². The first-order chi connectivity index (χ1) is 9.52. The zero-order chi connectivity index (χ0) is 14.3. The predicted molar refractivity (Wildman–Crippen MR) is 66.3 cm³/mol. The van der Waals surface area contributed by atoms with Crippen LogP contribution >= 0.6 is 0 Å². The van der Waals surface area contributed by atoms with Crippen LogP contribution in [0.1, 0.15) is 19.3 Å². The predicted octanol–water partition coefficient (Wildman–Crippen LogP) is 0.800. The number of amides is 2.